The SMILES string of the molecule is COc1cc(Br)c(Br)cc1C(C)=O. The van der Waals surface area contributed by atoms with Gasteiger partial charge in [-0.25, -0.2) is 0 Å². The number of ketones is 1. The molecule has 0 N–H and O–H groups in total. The van der Waals surface area contributed by atoms with Gasteiger partial charge in [-0.1, -0.05) is 0 Å². The van der Waals surface area contributed by atoms with E-state index in [4.69, 9.17) is 4.74 Å². The fourth-order valence-corrected chi connectivity index (χ4v) is 1.64. The second-order valence-electron chi connectivity index (χ2n) is 2.52. The molecule has 0 fully saturated rings. The topological polar surface area (TPSA) is 26.3 Å². The Morgan fingerprint density at radius 1 is 1.31 bits per heavy atom. The first-order valence-electron chi connectivity index (χ1n) is 3.60. The molecular formula is C9H8Br2O2. The van der Waals surface area contributed by atoms with Crippen LogP contribution in [-0.4, -0.2) is 12.9 Å². The van der Waals surface area contributed by atoms with Crippen LogP contribution in [0.3, 0.4) is 0 Å². The highest BCUT2D eigenvalue weighted by Gasteiger charge is 2.10. The molecule has 0 saturated carbocycles. The van der Waals surface area contributed by atoms with Crippen LogP contribution in [-0.2, 0) is 0 Å². The fourth-order valence-electron chi connectivity index (χ4n) is 0.973. The van der Waals surface area contributed by atoms with Gasteiger partial charge in [0, 0.05) is 8.95 Å². The molecule has 0 aliphatic rings. The number of hydrogen-bond donors (Lipinski definition) is 0. The van der Waals surface area contributed by atoms with Crippen molar-refractivity contribution in [2.75, 3.05) is 7.11 Å². The van der Waals surface area contributed by atoms with Gasteiger partial charge in [-0.3, -0.25) is 4.79 Å². The Kier molecular flexibility index (Phi) is 3.50. The largest absolute Gasteiger partial charge is 0.496 e. The number of hydrogen-bond acceptors (Lipinski definition) is 2. The minimum Gasteiger partial charge on any atom is -0.496 e. The average molecular weight is 308 g/mol. The molecule has 0 bridgehead atoms. The number of ether oxygens (including phenoxy) is 1. The van der Waals surface area contributed by atoms with E-state index in [2.05, 4.69) is 31.9 Å². The molecule has 0 aliphatic carbocycles. The van der Waals surface area contributed by atoms with E-state index >= 15 is 0 Å². The first-order chi connectivity index (χ1) is 6.06. The molecule has 4 heteroatoms. The van der Waals surface area contributed by atoms with Crippen LogP contribution in [0.25, 0.3) is 0 Å². The van der Waals surface area contributed by atoms with Gasteiger partial charge in [0.25, 0.3) is 0 Å². The summed E-state index contributed by atoms with van der Waals surface area (Å²) >= 11 is 6.65. The molecule has 1 aromatic rings. The third-order valence-electron chi connectivity index (χ3n) is 1.62. The molecule has 0 aliphatic heterocycles. The molecule has 0 heterocycles. The van der Waals surface area contributed by atoms with Gasteiger partial charge < -0.3 is 4.74 Å². The zero-order chi connectivity index (χ0) is 10.0. The lowest BCUT2D eigenvalue weighted by Crippen LogP contribution is -1.97. The molecule has 0 atom stereocenters. The van der Waals surface area contributed by atoms with Gasteiger partial charge in [-0.2, -0.15) is 0 Å². The highest BCUT2D eigenvalue weighted by atomic mass is 79.9. The van der Waals surface area contributed by atoms with E-state index in [1.807, 2.05) is 0 Å². The van der Waals surface area contributed by atoms with Gasteiger partial charge in [0.1, 0.15) is 5.75 Å². The van der Waals surface area contributed by atoms with E-state index in [1.165, 1.54) is 6.92 Å². The Labute approximate surface area is 93.5 Å². The predicted molar refractivity (Wildman–Crippen MR) is 58.4 cm³/mol. The van der Waals surface area contributed by atoms with Crippen molar-refractivity contribution in [2.45, 2.75) is 6.92 Å². The molecule has 1 rings (SSSR count). The van der Waals surface area contributed by atoms with Gasteiger partial charge in [0.2, 0.25) is 0 Å². The highest BCUT2D eigenvalue weighted by molar-refractivity contribution is 9.13. The summed E-state index contributed by atoms with van der Waals surface area (Å²) in [6.07, 6.45) is 0. The van der Waals surface area contributed by atoms with Crippen molar-refractivity contribution >= 4 is 37.6 Å². The van der Waals surface area contributed by atoms with Crippen molar-refractivity contribution in [3.05, 3.63) is 26.6 Å². The third kappa shape index (κ3) is 2.31. The summed E-state index contributed by atoms with van der Waals surface area (Å²) in [5.74, 6) is 0.577. The molecule has 2 nitrogen and oxygen atoms in total. The third-order valence-corrected chi connectivity index (χ3v) is 3.47. The second kappa shape index (κ2) is 4.24. The van der Waals surface area contributed by atoms with Crippen LogP contribution in [0.5, 0.6) is 5.75 Å². The van der Waals surface area contributed by atoms with Crippen molar-refractivity contribution in [3.8, 4) is 5.75 Å². The van der Waals surface area contributed by atoms with E-state index in [1.54, 1.807) is 19.2 Å². The lowest BCUT2D eigenvalue weighted by molar-refractivity contribution is 0.101. The first-order valence-corrected chi connectivity index (χ1v) is 5.19. The summed E-state index contributed by atoms with van der Waals surface area (Å²) in [5.41, 5.74) is 0.581. The van der Waals surface area contributed by atoms with Crippen LogP contribution in [0.2, 0.25) is 0 Å². The van der Waals surface area contributed by atoms with Gasteiger partial charge in [0.05, 0.1) is 12.7 Å². The predicted octanol–water partition coefficient (Wildman–Crippen LogP) is 3.42. The molecule has 0 saturated heterocycles. The number of benzene rings is 1. The quantitative estimate of drug-likeness (QED) is 0.783. The van der Waals surface area contributed by atoms with Crippen LogP contribution in [0.15, 0.2) is 21.1 Å². The minimum atomic E-state index is -0.00921. The van der Waals surface area contributed by atoms with Crippen LogP contribution in [0.1, 0.15) is 17.3 Å². The maximum absolute atomic E-state index is 11.2. The minimum absolute atomic E-state index is 0.00921. The van der Waals surface area contributed by atoms with E-state index in [-0.39, 0.29) is 5.78 Å². The summed E-state index contributed by atoms with van der Waals surface area (Å²) in [6, 6.07) is 3.51. The number of halogens is 2. The molecule has 0 aromatic heterocycles. The molecule has 1 aromatic carbocycles. The Morgan fingerprint density at radius 3 is 2.31 bits per heavy atom. The zero-order valence-corrected chi connectivity index (χ0v) is 10.4. The summed E-state index contributed by atoms with van der Waals surface area (Å²) in [5, 5.41) is 0. The molecule has 0 unspecified atom stereocenters. The molecule has 70 valence electrons. The summed E-state index contributed by atoms with van der Waals surface area (Å²) in [4.78, 5) is 11.2. The highest BCUT2D eigenvalue weighted by Crippen LogP contribution is 2.31. The van der Waals surface area contributed by atoms with Crippen molar-refractivity contribution in [2.24, 2.45) is 0 Å². The van der Waals surface area contributed by atoms with E-state index < -0.39 is 0 Å². The first kappa shape index (κ1) is 10.7. The number of carbonyl (C=O) groups is 1. The Balaban J connectivity index is 3.33. The molecule has 13 heavy (non-hydrogen) atoms. The monoisotopic (exact) mass is 306 g/mol. The zero-order valence-electron chi connectivity index (χ0n) is 7.23. The average Bonchev–Trinajstić information content (AvgIpc) is 2.08. The Bertz CT molecular complexity index is 348. The summed E-state index contributed by atoms with van der Waals surface area (Å²) in [7, 11) is 1.54. The summed E-state index contributed by atoms with van der Waals surface area (Å²) in [6.45, 7) is 1.51. The fraction of sp³-hybridized carbons (Fsp3) is 0.222. The normalized spacial score (nSPS) is 9.85. The number of rotatable bonds is 2. The number of carbonyl (C=O) groups excluding carboxylic acids is 1. The van der Waals surface area contributed by atoms with E-state index in [0.717, 1.165) is 8.95 Å². The Hall–Kier alpha value is -0.350. The van der Waals surface area contributed by atoms with E-state index in [9.17, 15) is 4.79 Å². The van der Waals surface area contributed by atoms with Gasteiger partial charge in [-0.15, -0.1) is 0 Å². The van der Waals surface area contributed by atoms with Gasteiger partial charge >= 0.3 is 0 Å². The Morgan fingerprint density at radius 2 is 1.85 bits per heavy atom. The van der Waals surface area contributed by atoms with Gasteiger partial charge in [0.15, 0.2) is 5.78 Å². The number of methoxy groups -OCH3 is 1. The molecule has 0 amide bonds. The maximum atomic E-state index is 11.2. The number of Topliss-reactive ketones (excluding diaryl/α,β-unsaturated/α-hetero) is 1. The smallest absolute Gasteiger partial charge is 0.163 e. The van der Waals surface area contributed by atoms with Crippen molar-refractivity contribution in [3.63, 3.8) is 0 Å². The van der Waals surface area contributed by atoms with Gasteiger partial charge in [-0.05, 0) is 50.9 Å². The van der Waals surface area contributed by atoms with Crippen LogP contribution in [0.4, 0.5) is 0 Å². The van der Waals surface area contributed by atoms with Crippen LogP contribution in [0, 0.1) is 0 Å². The van der Waals surface area contributed by atoms with Crippen molar-refractivity contribution in [1.82, 2.24) is 0 Å². The summed E-state index contributed by atoms with van der Waals surface area (Å²) < 4.78 is 6.79. The van der Waals surface area contributed by atoms with Crippen molar-refractivity contribution < 1.29 is 9.53 Å². The lowest BCUT2D eigenvalue weighted by atomic mass is 10.1. The van der Waals surface area contributed by atoms with Crippen molar-refractivity contribution in [1.29, 1.82) is 0 Å². The lowest BCUT2D eigenvalue weighted by Gasteiger charge is -2.07. The maximum Gasteiger partial charge on any atom is 0.163 e. The van der Waals surface area contributed by atoms with Crippen LogP contribution >= 0.6 is 31.9 Å². The molecule has 0 radical (unpaired) electrons. The molecule has 0 spiro atoms. The van der Waals surface area contributed by atoms with E-state index in [0.29, 0.717) is 11.3 Å². The standard InChI is InChI=1S/C9H8Br2O2/c1-5(12)6-3-7(10)8(11)4-9(6)13-2/h3-4H,1-2H3. The molecular weight excluding hydrogens is 300 g/mol. The second-order valence-corrected chi connectivity index (χ2v) is 4.23. The van der Waals surface area contributed by atoms with Crippen LogP contribution < -0.4 is 4.74 Å².